The molecule has 120 valence electrons. The van der Waals surface area contributed by atoms with Crippen molar-refractivity contribution in [3.8, 4) is 0 Å². The van der Waals surface area contributed by atoms with E-state index in [-0.39, 0.29) is 0 Å². The molecule has 0 aliphatic rings. The van der Waals surface area contributed by atoms with E-state index in [1.165, 1.54) is 51.4 Å². The molecule has 21 heavy (non-hydrogen) atoms. The second kappa shape index (κ2) is 15.2. The van der Waals surface area contributed by atoms with Crippen molar-refractivity contribution in [3.63, 3.8) is 0 Å². The molecule has 0 bridgehead atoms. The van der Waals surface area contributed by atoms with Crippen LogP contribution in [0.3, 0.4) is 0 Å². The first-order valence-electron chi connectivity index (χ1n) is 8.59. The molecule has 0 unspecified atom stereocenters. The fraction of sp³-hybridized carbons (Fsp3) is 0.600. The van der Waals surface area contributed by atoms with Crippen molar-refractivity contribution in [2.75, 3.05) is 0 Å². The molecule has 0 aromatic rings. The molecule has 0 spiro atoms. The molecule has 1 nitrogen and oxygen atoms in total. The van der Waals surface area contributed by atoms with Gasteiger partial charge in [-0.2, -0.15) is 0 Å². The molecular formula is C20H34O. The van der Waals surface area contributed by atoms with Gasteiger partial charge in [0.05, 0.1) is 0 Å². The van der Waals surface area contributed by atoms with Gasteiger partial charge in [0, 0.05) is 0 Å². The second-order valence-electron chi connectivity index (χ2n) is 5.54. The Morgan fingerprint density at radius 3 is 1.52 bits per heavy atom. The highest BCUT2D eigenvalue weighted by atomic mass is 16.5. The van der Waals surface area contributed by atoms with Gasteiger partial charge in [-0.15, -0.1) is 0 Å². The molecule has 0 saturated carbocycles. The van der Waals surface area contributed by atoms with E-state index in [2.05, 4.69) is 39.2 Å². The molecule has 0 aliphatic carbocycles. The van der Waals surface area contributed by atoms with Gasteiger partial charge in [-0.25, -0.2) is 0 Å². The van der Waals surface area contributed by atoms with Crippen LogP contribution in [0.2, 0.25) is 0 Å². The van der Waals surface area contributed by atoms with Crippen LogP contribution in [-0.2, 0) is 4.74 Å². The molecule has 0 amide bonds. The van der Waals surface area contributed by atoms with E-state index in [1.807, 2.05) is 12.2 Å². The van der Waals surface area contributed by atoms with Crippen molar-refractivity contribution < 1.29 is 4.74 Å². The van der Waals surface area contributed by atoms with Crippen LogP contribution < -0.4 is 0 Å². The molecule has 0 rings (SSSR count). The summed E-state index contributed by atoms with van der Waals surface area (Å²) < 4.78 is 5.54. The lowest BCUT2D eigenvalue weighted by Crippen LogP contribution is -1.85. The third-order valence-electron chi connectivity index (χ3n) is 3.32. The van der Waals surface area contributed by atoms with Gasteiger partial charge in [-0.1, -0.05) is 77.7 Å². The van der Waals surface area contributed by atoms with Gasteiger partial charge >= 0.3 is 0 Å². The molecule has 0 atom stereocenters. The molecule has 0 N–H and O–H groups in total. The molecular weight excluding hydrogens is 256 g/mol. The lowest BCUT2D eigenvalue weighted by Gasteiger charge is -2.04. The number of hydrogen-bond donors (Lipinski definition) is 0. The zero-order valence-electron chi connectivity index (χ0n) is 14.2. The lowest BCUT2D eigenvalue weighted by atomic mass is 10.1. The average Bonchev–Trinajstić information content (AvgIpc) is 2.46. The Balaban J connectivity index is 3.66. The topological polar surface area (TPSA) is 9.23 Å². The summed E-state index contributed by atoms with van der Waals surface area (Å²) in [5.41, 5.74) is 0. The van der Waals surface area contributed by atoms with Crippen LogP contribution in [0.5, 0.6) is 0 Å². The van der Waals surface area contributed by atoms with Crippen LogP contribution >= 0.6 is 0 Å². The van der Waals surface area contributed by atoms with Gasteiger partial charge in [0.2, 0.25) is 0 Å². The summed E-state index contributed by atoms with van der Waals surface area (Å²) in [6, 6.07) is 0. The van der Waals surface area contributed by atoms with Crippen LogP contribution in [0.1, 0.15) is 78.1 Å². The SMILES string of the molecule is C=C(C=CCCCCCC)OC(=C)C=CCCCCCC. The van der Waals surface area contributed by atoms with Crippen LogP contribution in [0.4, 0.5) is 0 Å². The van der Waals surface area contributed by atoms with E-state index in [9.17, 15) is 0 Å². The maximum absolute atomic E-state index is 5.54. The largest absolute Gasteiger partial charge is 0.459 e. The maximum Gasteiger partial charge on any atom is 0.119 e. The summed E-state index contributed by atoms with van der Waals surface area (Å²) >= 11 is 0. The van der Waals surface area contributed by atoms with Gasteiger partial charge in [0.1, 0.15) is 11.5 Å². The smallest absolute Gasteiger partial charge is 0.119 e. The zero-order chi connectivity index (χ0) is 15.8. The van der Waals surface area contributed by atoms with E-state index >= 15 is 0 Å². The standard InChI is InChI=1S/C20H34O/c1-5-7-9-11-13-15-17-19(3)21-20(4)18-16-14-12-10-8-6-2/h15-18H,3-14H2,1-2H3. The number of allylic oxidation sites excluding steroid dienone is 4. The Bertz CT molecular complexity index is 291. The van der Waals surface area contributed by atoms with E-state index in [0.717, 1.165) is 12.8 Å². The van der Waals surface area contributed by atoms with Crippen molar-refractivity contribution in [2.24, 2.45) is 0 Å². The van der Waals surface area contributed by atoms with Crippen LogP contribution in [0.15, 0.2) is 49.0 Å². The predicted molar refractivity (Wildman–Crippen MR) is 95.2 cm³/mol. The number of ether oxygens (including phenoxy) is 1. The maximum atomic E-state index is 5.54. The van der Waals surface area contributed by atoms with Crippen LogP contribution in [0.25, 0.3) is 0 Å². The Morgan fingerprint density at radius 2 is 1.14 bits per heavy atom. The minimum absolute atomic E-state index is 0.672. The summed E-state index contributed by atoms with van der Waals surface area (Å²) in [7, 11) is 0. The fourth-order valence-electron chi connectivity index (χ4n) is 2.04. The minimum atomic E-state index is 0.672. The summed E-state index contributed by atoms with van der Waals surface area (Å²) in [6.45, 7) is 12.2. The van der Waals surface area contributed by atoms with Gasteiger partial charge in [-0.3, -0.25) is 0 Å². The van der Waals surface area contributed by atoms with Crippen molar-refractivity contribution in [2.45, 2.75) is 78.1 Å². The minimum Gasteiger partial charge on any atom is -0.459 e. The average molecular weight is 290 g/mol. The molecule has 0 aromatic heterocycles. The highest BCUT2D eigenvalue weighted by Gasteiger charge is 1.92. The summed E-state index contributed by atoms with van der Waals surface area (Å²) in [5.74, 6) is 1.34. The summed E-state index contributed by atoms with van der Waals surface area (Å²) in [5, 5.41) is 0. The Labute approximate surface area is 132 Å². The Hall–Kier alpha value is -1.24. The monoisotopic (exact) mass is 290 g/mol. The highest BCUT2D eigenvalue weighted by Crippen LogP contribution is 2.09. The van der Waals surface area contributed by atoms with E-state index in [4.69, 9.17) is 4.74 Å². The fourth-order valence-corrected chi connectivity index (χ4v) is 2.04. The molecule has 0 fully saturated rings. The second-order valence-corrected chi connectivity index (χ2v) is 5.54. The normalized spacial score (nSPS) is 11.3. The number of hydrogen-bond acceptors (Lipinski definition) is 1. The first-order chi connectivity index (χ1) is 10.2. The first kappa shape index (κ1) is 19.8. The molecule has 0 saturated heterocycles. The zero-order valence-corrected chi connectivity index (χ0v) is 14.2. The lowest BCUT2D eigenvalue weighted by molar-refractivity contribution is 0.340. The molecule has 0 aliphatic heterocycles. The quantitative estimate of drug-likeness (QED) is 0.188. The first-order valence-corrected chi connectivity index (χ1v) is 8.59. The van der Waals surface area contributed by atoms with E-state index < -0.39 is 0 Å². The van der Waals surface area contributed by atoms with Crippen molar-refractivity contribution >= 4 is 0 Å². The van der Waals surface area contributed by atoms with Crippen molar-refractivity contribution in [3.05, 3.63) is 49.0 Å². The van der Waals surface area contributed by atoms with E-state index in [0.29, 0.717) is 11.5 Å². The third kappa shape index (κ3) is 15.0. The van der Waals surface area contributed by atoms with Crippen molar-refractivity contribution in [1.29, 1.82) is 0 Å². The molecule has 1 heteroatoms. The van der Waals surface area contributed by atoms with Gasteiger partial charge in [0.25, 0.3) is 0 Å². The van der Waals surface area contributed by atoms with Gasteiger partial charge in [0.15, 0.2) is 0 Å². The Morgan fingerprint density at radius 1 is 0.714 bits per heavy atom. The van der Waals surface area contributed by atoms with Crippen LogP contribution in [-0.4, -0.2) is 0 Å². The van der Waals surface area contributed by atoms with Gasteiger partial charge < -0.3 is 4.74 Å². The molecule has 0 aromatic carbocycles. The molecule has 0 radical (unpaired) electrons. The van der Waals surface area contributed by atoms with E-state index in [1.54, 1.807) is 0 Å². The number of unbranched alkanes of at least 4 members (excludes halogenated alkanes) is 8. The Kier molecular flexibility index (Phi) is 14.3. The van der Waals surface area contributed by atoms with Crippen molar-refractivity contribution in [1.82, 2.24) is 0 Å². The summed E-state index contributed by atoms with van der Waals surface area (Å²) in [4.78, 5) is 0. The predicted octanol–water partition coefficient (Wildman–Crippen LogP) is 7.08. The third-order valence-corrected chi connectivity index (χ3v) is 3.32. The summed E-state index contributed by atoms with van der Waals surface area (Å²) in [6.07, 6.45) is 20.7. The molecule has 0 heterocycles. The van der Waals surface area contributed by atoms with Crippen LogP contribution in [0, 0.1) is 0 Å². The van der Waals surface area contributed by atoms with Gasteiger partial charge in [-0.05, 0) is 37.8 Å². The highest BCUT2D eigenvalue weighted by molar-refractivity contribution is 5.15. The number of rotatable bonds is 14.